The molecule has 0 aliphatic carbocycles. The van der Waals surface area contributed by atoms with Crippen LogP contribution in [0.3, 0.4) is 0 Å². The minimum atomic E-state index is -0.635. The number of fused-ring (bicyclic) bond motifs is 1. The molecule has 0 radical (unpaired) electrons. The van der Waals surface area contributed by atoms with Crippen LogP contribution in [-0.4, -0.2) is 30.0 Å². The maximum atomic E-state index is 9.82. The highest BCUT2D eigenvalue weighted by atomic mass is 16.7. The quantitative estimate of drug-likeness (QED) is 0.797. The van der Waals surface area contributed by atoms with Gasteiger partial charge in [0.25, 0.3) is 0 Å². The van der Waals surface area contributed by atoms with Gasteiger partial charge in [-0.3, -0.25) is 0 Å². The summed E-state index contributed by atoms with van der Waals surface area (Å²) in [5, 5.41) is 9.82. The van der Waals surface area contributed by atoms with Gasteiger partial charge in [-0.05, 0) is 6.08 Å². The highest BCUT2D eigenvalue weighted by Crippen LogP contribution is 2.30. The van der Waals surface area contributed by atoms with E-state index >= 15 is 0 Å². The summed E-state index contributed by atoms with van der Waals surface area (Å²) < 4.78 is 16.7. The first-order valence-electron chi connectivity index (χ1n) is 5.67. The molecule has 1 N–H and O–H groups in total. The van der Waals surface area contributed by atoms with Crippen LogP contribution in [0.1, 0.15) is 11.9 Å². The van der Waals surface area contributed by atoms with E-state index in [4.69, 9.17) is 14.2 Å². The van der Waals surface area contributed by atoms with Crippen molar-refractivity contribution in [2.45, 2.75) is 24.6 Å². The zero-order valence-corrected chi connectivity index (χ0v) is 9.23. The summed E-state index contributed by atoms with van der Waals surface area (Å²) in [5.41, 5.74) is 0.952. The van der Waals surface area contributed by atoms with E-state index in [1.54, 1.807) is 6.08 Å². The topological polar surface area (TPSA) is 47.9 Å². The maximum absolute atomic E-state index is 9.82. The largest absolute Gasteiger partial charge is 0.493 e. The Hall–Kier alpha value is -1.36. The van der Waals surface area contributed by atoms with Crippen LogP contribution in [0.2, 0.25) is 0 Å². The smallest absolute Gasteiger partial charge is 0.184 e. The number of hydrogen-bond donors (Lipinski definition) is 1. The highest BCUT2D eigenvalue weighted by Gasteiger charge is 2.39. The second kappa shape index (κ2) is 4.49. The van der Waals surface area contributed by atoms with Crippen molar-refractivity contribution in [3.63, 3.8) is 0 Å². The zero-order chi connectivity index (χ0) is 11.7. The fourth-order valence-electron chi connectivity index (χ4n) is 2.09. The molecule has 0 spiro atoms. The lowest BCUT2D eigenvalue weighted by atomic mass is 10.0. The van der Waals surface area contributed by atoms with Gasteiger partial charge >= 0.3 is 0 Å². The lowest BCUT2D eigenvalue weighted by molar-refractivity contribution is -0.276. The van der Waals surface area contributed by atoms with Gasteiger partial charge in [0.1, 0.15) is 12.2 Å². The van der Waals surface area contributed by atoms with Gasteiger partial charge in [0.2, 0.25) is 0 Å². The van der Waals surface area contributed by atoms with Crippen molar-refractivity contribution in [1.29, 1.82) is 0 Å². The molecule has 0 amide bonds. The molecule has 2 aliphatic heterocycles. The van der Waals surface area contributed by atoms with Crippen molar-refractivity contribution in [2.75, 3.05) is 6.61 Å². The number of benzene rings is 1. The standard InChI is InChI=1S/C13H14O4/c14-10-6-7-15-11-8-16-13(17-12(10)11)9-4-2-1-3-5-9/h1-7,10-14H,8H2/t10-,11-,12+,13?/m1/s1. The predicted molar refractivity (Wildman–Crippen MR) is 60.0 cm³/mol. The summed E-state index contributed by atoms with van der Waals surface area (Å²) in [4.78, 5) is 0. The first-order chi connectivity index (χ1) is 8.34. The second-order valence-electron chi connectivity index (χ2n) is 4.17. The molecular weight excluding hydrogens is 220 g/mol. The second-order valence-corrected chi connectivity index (χ2v) is 4.17. The zero-order valence-electron chi connectivity index (χ0n) is 9.23. The van der Waals surface area contributed by atoms with Gasteiger partial charge in [-0.2, -0.15) is 0 Å². The molecule has 4 heteroatoms. The normalized spacial score (nSPS) is 36.1. The molecule has 0 saturated carbocycles. The van der Waals surface area contributed by atoms with Gasteiger partial charge in [-0.25, -0.2) is 0 Å². The number of hydrogen-bond acceptors (Lipinski definition) is 4. The molecule has 1 saturated heterocycles. The van der Waals surface area contributed by atoms with Crippen LogP contribution >= 0.6 is 0 Å². The Bertz CT molecular complexity index is 403. The Morgan fingerprint density at radius 2 is 2.00 bits per heavy atom. The molecule has 17 heavy (non-hydrogen) atoms. The van der Waals surface area contributed by atoms with Crippen LogP contribution in [0.5, 0.6) is 0 Å². The number of aliphatic hydroxyl groups is 1. The molecule has 2 aliphatic rings. The van der Waals surface area contributed by atoms with E-state index in [9.17, 15) is 5.11 Å². The third kappa shape index (κ3) is 2.07. The molecular formula is C13H14O4. The third-order valence-corrected chi connectivity index (χ3v) is 3.00. The molecule has 4 nitrogen and oxygen atoms in total. The molecule has 1 aromatic rings. The Kier molecular flexibility index (Phi) is 2.84. The lowest BCUT2D eigenvalue weighted by Crippen LogP contribution is -2.49. The van der Waals surface area contributed by atoms with Gasteiger partial charge in [0.15, 0.2) is 12.4 Å². The Morgan fingerprint density at radius 1 is 1.18 bits per heavy atom. The molecule has 1 unspecified atom stereocenters. The molecule has 1 aromatic carbocycles. The first kappa shape index (κ1) is 10.8. The number of aliphatic hydroxyl groups excluding tert-OH is 1. The molecule has 4 atom stereocenters. The Labute approximate surface area is 99.4 Å². The Balaban J connectivity index is 1.77. The molecule has 1 fully saturated rings. The van der Waals surface area contributed by atoms with Crippen molar-refractivity contribution in [3.8, 4) is 0 Å². The monoisotopic (exact) mass is 234 g/mol. The van der Waals surface area contributed by atoms with E-state index in [1.165, 1.54) is 6.26 Å². The van der Waals surface area contributed by atoms with E-state index in [0.717, 1.165) is 5.56 Å². The van der Waals surface area contributed by atoms with Crippen molar-refractivity contribution < 1.29 is 19.3 Å². The van der Waals surface area contributed by atoms with Gasteiger partial charge in [-0.1, -0.05) is 30.3 Å². The van der Waals surface area contributed by atoms with Crippen LogP contribution in [-0.2, 0) is 14.2 Å². The van der Waals surface area contributed by atoms with Crippen LogP contribution in [0, 0.1) is 0 Å². The molecule has 90 valence electrons. The van der Waals surface area contributed by atoms with E-state index in [-0.39, 0.29) is 12.2 Å². The van der Waals surface area contributed by atoms with Crippen LogP contribution < -0.4 is 0 Å². The lowest BCUT2D eigenvalue weighted by Gasteiger charge is -2.39. The van der Waals surface area contributed by atoms with Crippen LogP contribution in [0.4, 0.5) is 0 Å². The van der Waals surface area contributed by atoms with Crippen LogP contribution in [0.25, 0.3) is 0 Å². The van der Waals surface area contributed by atoms with Crippen molar-refractivity contribution in [1.82, 2.24) is 0 Å². The maximum Gasteiger partial charge on any atom is 0.184 e. The fourth-order valence-corrected chi connectivity index (χ4v) is 2.09. The number of ether oxygens (including phenoxy) is 3. The molecule has 0 aromatic heterocycles. The predicted octanol–water partition coefficient (Wildman–Crippen LogP) is 1.37. The minimum Gasteiger partial charge on any atom is -0.493 e. The van der Waals surface area contributed by atoms with E-state index in [1.807, 2.05) is 30.3 Å². The summed E-state index contributed by atoms with van der Waals surface area (Å²) in [6.45, 7) is 0.422. The van der Waals surface area contributed by atoms with Gasteiger partial charge < -0.3 is 19.3 Å². The summed E-state index contributed by atoms with van der Waals surface area (Å²) in [6, 6.07) is 9.69. The fraction of sp³-hybridized carbons (Fsp3) is 0.385. The first-order valence-corrected chi connectivity index (χ1v) is 5.67. The average Bonchev–Trinajstić information content (AvgIpc) is 2.40. The summed E-state index contributed by atoms with van der Waals surface area (Å²) in [5.74, 6) is 0. The minimum absolute atomic E-state index is 0.227. The molecule has 2 heterocycles. The molecule has 0 bridgehead atoms. The van der Waals surface area contributed by atoms with E-state index in [0.29, 0.717) is 6.61 Å². The van der Waals surface area contributed by atoms with Crippen molar-refractivity contribution in [2.24, 2.45) is 0 Å². The Morgan fingerprint density at radius 3 is 2.82 bits per heavy atom. The average molecular weight is 234 g/mol. The van der Waals surface area contributed by atoms with Gasteiger partial charge in [0, 0.05) is 5.56 Å². The van der Waals surface area contributed by atoms with E-state index < -0.39 is 12.4 Å². The third-order valence-electron chi connectivity index (χ3n) is 3.00. The summed E-state index contributed by atoms with van der Waals surface area (Å²) in [7, 11) is 0. The van der Waals surface area contributed by atoms with Crippen LogP contribution in [0.15, 0.2) is 42.7 Å². The SMILES string of the molecule is O[C@@H]1C=CO[C@@H]2COC(c3ccccc3)O[C@@H]12. The number of rotatable bonds is 1. The van der Waals surface area contributed by atoms with Gasteiger partial charge in [-0.15, -0.1) is 0 Å². The van der Waals surface area contributed by atoms with Crippen molar-refractivity contribution in [3.05, 3.63) is 48.2 Å². The van der Waals surface area contributed by atoms with Gasteiger partial charge in [0.05, 0.1) is 12.9 Å². The van der Waals surface area contributed by atoms with Crippen molar-refractivity contribution >= 4 is 0 Å². The summed E-state index contributed by atoms with van der Waals surface area (Å²) >= 11 is 0. The van der Waals surface area contributed by atoms with E-state index in [2.05, 4.69) is 0 Å². The molecule has 3 rings (SSSR count). The summed E-state index contributed by atoms with van der Waals surface area (Å²) in [6.07, 6.45) is 1.44. The highest BCUT2D eigenvalue weighted by molar-refractivity contribution is 5.16.